The number of esters is 1. The van der Waals surface area contributed by atoms with Crippen LogP contribution in [0.4, 0.5) is 0 Å². The fourth-order valence-electron chi connectivity index (χ4n) is 5.06. The van der Waals surface area contributed by atoms with Gasteiger partial charge < -0.3 is 12.2 Å². The van der Waals surface area contributed by atoms with Crippen LogP contribution in [0.1, 0.15) is 27.7 Å². The van der Waals surface area contributed by atoms with Crippen molar-refractivity contribution in [1.82, 2.24) is 9.35 Å². The molecule has 2 heterocycles. The van der Waals surface area contributed by atoms with Gasteiger partial charge in [-0.15, -0.1) is 0 Å². The predicted octanol–water partition coefficient (Wildman–Crippen LogP) is 10.4. The van der Waals surface area contributed by atoms with Gasteiger partial charge in [0.1, 0.15) is 0 Å². The molecule has 0 radical (unpaired) electrons. The first kappa shape index (κ1) is 38.2. The van der Waals surface area contributed by atoms with Crippen molar-refractivity contribution in [2.45, 2.75) is 27.7 Å². The summed E-state index contributed by atoms with van der Waals surface area (Å²) in [5, 5.41) is 10.3. The molecule has 6 nitrogen and oxygen atoms in total. The van der Waals surface area contributed by atoms with E-state index in [1.54, 1.807) is 13.8 Å². The van der Waals surface area contributed by atoms with Crippen LogP contribution >= 0.6 is 0 Å². The van der Waals surface area contributed by atoms with Crippen molar-refractivity contribution in [3.05, 3.63) is 153 Å². The van der Waals surface area contributed by atoms with Crippen LogP contribution < -0.4 is 0 Å². The summed E-state index contributed by atoms with van der Waals surface area (Å²) in [4.78, 5) is 10.3. The first-order chi connectivity index (χ1) is 22.9. The van der Waals surface area contributed by atoms with Gasteiger partial charge in [0.15, 0.2) is 0 Å². The van der Waals surface area contributed by atoms with E-state index in [2.05, 4.69) is 126 Å². The Kier molecular flexibility index (Phi) is 14.3. The van der Waals surface area contributed by atoms with E-state index in [-0.39, 0.29) is 35.8 Å². The molecule has 0 bridgehead atoms. The normalized spacial score (nSPS) is 11.1. The third kappa shape index (κ3) is 9.43. The number of hydrogen-bond acceptors (Lipinski definition) is 4. The first-order valence-electron chi connectivity index (χ1n) is 15.7. The SMILES string of the molecule is CC(=Nn1c(-c2ccccc2)ccc1-c1ccccc1)C(C)=Nn1c(-c2ccccc2)ccc1-c1ccccc1.COC(=O)C(C)C.[CH3-].[Ni+2]. The van der Waals surface area contributed by atoms with Crippen LogP contribution in [-0.2, 0) is 26.0 Å². The van der Waals surface area contributed by atoms with Crippen molar-refractivity contribution in [2.75, 3.05) is 7.11 Å². The Morgan fingerprint density at radius 3 is 0.939 bits per heavy atom. The number of methoxy groups -OCH3 is 1. The van der Waals surface area contributed by atoms with Crippen LogP contribution in [0.5, 0.6) is 0 Å². The minimum Gasteiger partial charge on any atom is -0.469 e. The van der Waals surface area contributed by atoms with Crippen LogP contribution in [0.3, 0.4) is 0 Å². The zero-order chi connectivity index (χ0) is 33.2. The maximum absolute atomic E-state index is 10.3. The smallest absolute Gasteiger partial charge is 0.469 e. The van der Waals surface area contributed by atoms with Gasteiger partial charge in [-0.25, -0.2) is 9.35 Å². The van der Waals surface area contributed by atoms with Crippen molar-refractivity contribution in [1.29, 1.82) is 0 Å². The molecule has 0 saturated carbocycles. The topological polar surface area (TPSA) is 60.9 Å². The Labute approximate surface area is 300 Å². The van der Waals surface area contributed by atoms with Crippen LogP contribution in [0.2, 0.25) is 0 Å². The Bertz CT molecular complexity index is 1710. The number of carbonyl (C=O) groups excluding carboxylic acids is 1. The molecule has 0 amide bonds. The summed E-state index contributed by atoms with van der Waals surface area (Å²) in [5.74, 6) is -0.148. The second-order valence-corrected chi connectivity index (χ2v) is 11.3. The van der Waals surface area contributed by atoms with Crippen molar-refractivity contribution < 1.29 is 26.0 Å². The fraction of sp³-hybridized carbons (Fsp3) is 0.143. The van der Waals surface area contributed by atoms with Crippen molar-refractivity contribution in [3.63, 3.8) is 0 Å². The molecule has 0 N–H and O–H groups in total. The van der Waals surface area contributed by atoms with Gasteiger partial charge in [-0.1, -0.05) is 135 Å². The zero-order valence-corrected chi connectivity index (χ0v) is 29.8. The van der Waals surface area contributed by atoms with E-state index in [9.17, 15) is 4.79 Å². The van der Waals surface area contributed by atoms with Gasteiger partial charge in [-0.05, 0) is 38.1 Å². The molecule has 6 aromatic rings. The van der Waals surface area contributed by atoms with Crippen molar-refractivity contribution in [3.8, 4) is 45.0 Å². The summed E-state index contributed by atoms with van der Waals surface area (Å²) in [6, 6.07) is 50.0. The number of benzene rings is 4. The third-order valence-electron chi connectivity index (χ3n) is 7.69. The molecule has 49 heavy (non-hydrogen) atoms. The molecule has 6 rings (SSSR count). The minimum atomic E-state index is -0.153. The summed E-state index contributed by atoms with van der Waals surface area (Å²) < 4.78 is 8.44. The van der Waals surface area contributed by atoms with Gasteiger partial charge in [0, 0.05) is 22.3 Å². The molecule has 7 heteroatoms. The molecule has 0 atom stereocenters. The Morgan fingerprint density at radius 2 is 0.755 bits per heavy atom. The van der Waals surface area contributed by atoms with E-state index in [1.807, 2.05) is 47.5 Å². The molecule has 0 unspecified atom stereocenters. The standard InChI is InChI=1S/C36H30N4.C5H10O2.CH3.Ni/c1-27(37-39-33(29-15-7-3-8-16-29)23-24-34(39)30-17-9-4-10-18-30)28(2)38-40-35(31-19-11-5-12-20-31)25-26-36(40)32-21-13-6-14-22-32;1-4(2)5(6)7-3;;/h3-26H,1-2H3;4H,1-3H3;1H3;/q;;-1;+2. The molecule has 0 aliphatic carbocycles. The van der Waals surface area contributed by atoms with Crippen LogP contribution in [0.25, 0.3) is 45.0 Å². The zero-order valence-electron chi connectivity index (χ0n) is 28.9. The van der Waals surface area contributed by atoms with Crippen LogP contribution in [-0.4, -0.2) is 33.9 Å². The summed E-state index contributed by atoms with van der Waals surface area (Å²) in [6.45, 7) is 7.64. The fourth-order valence-corrected chi connectivity index (χ4v) is 5.06. The Morgan fingerprint density at radius 1 is 0.510 bits per heavy atom. The van der Waals surface area contributed by atoms with E-state index < -0.39 is 0 Å². The molecule has 2 aromatic heterocycles. The first-order valence-corrected chi connectivity index (χ1v) is 15.7. The van der Waals surface area contributed by atoms with E-state index in [1.165, 1.54) is 7.11 Å². The Hall–Kier alpha value is -5.26. The average Bonchev–Trinajstić information content (AvgIpc) is 3.74. The quantitative estimate of drug-likeness (QED) is 0.0689. The van der Waals surface area contributed by atoms with Crippen LogP contribution in [0, 0.1) is 13.3 Å². The van der Waals surface area contributed by atoms with Crippen molar-refractivity contribution >= 4 is 17.4 Å². The molecular formula is C42H43N4NiO2+. The summed E-state index contributed by atoms with van der Waals surface area (Å²) in [7, 11) is 1.39. The number of hydrogen-bond donors (Lipinski definition) is 0. The van der Waals surface area contributed by atoms with E-state index in [0.29, 0.717) is 0 Å². The number of nitrogens with zero attached hydrogens (tertiary/aromatic N) is 4. The summed E-state index contributed by atoms with van der Waals surface area (Å²) >= 11 is 0. The van der Waals surface area contributed by atoms with Crippen molar-refractivity contribution in [2.24, 2.45) is 16.1 Å². The largest absolute Gasteiger partial charge is 2.00 e. The Balaban J connectivity index is 0.000000656. The molecule has 0 saturated heterocycles. The average molecular weight is 695 g/mol. The van der Waals surface area contributed by atoms with E-state index >= 15 is 0 Å². The number of carbonyl (C=O) groups is 1. The van der Waals surface area contributed by atoms with Gasteiger partial charge in [0.05, 0.1) is 47.2 Å². The number of aromatic nitrogens is 2. The molecule has 0 aliphatic heterocycles. The monoisotopic (exact) mass is 693 g/mol. The van der Waals surface area contributed by atoms with E-state index in [0.717, 1.165) is 56.5 Å². The summed E-state index contributed by atoms with van der Waals surface area (Å²) in [6.07, 6.45) is 0. The van der Waals surface area contributed by atoms with E-state index in [4.69, 9.17) is 10.2 Å². The molecule has 0 aliphatic rings. The third-order valence-corrected chi connectivity index (χ3v) is 7.69. The second kappa shape index (κ2) is 18.3. The maximum atomic E-state index is 10.3. The van der Waals surface area contributed by atoms with Gasteiger partial charge in [0.2, 0.25) is 0 Å². The van der Waals surface area contributed by atoms with Gasteiger partial charge >= 0.3 is 22.5 Å². The molecule has 252 valence electrons. The maximum Gasteiger partial charge on any atom is 2.00 e. The molecule has 4 aromatic carbocycles. The predicted molar refractivity (Wildman–Crippen MR) is 201 cm³/mol. The number of ether oxygens (including phenoxy) is 1. The second-order valence-electron chi connectivity index (χ2n) is 11.3. The van der Waals surface area contributed by atoms with Gasteiger partial charge in [-0.2, -0.15) is 10.2 Å². The molecule has 0 fully saturated rings. The summed E-state index contributed by atoms with van der Waals surface area (Å²) in [5.41, 5.74) is 10.2. The van der Waals surface area contributed by atoms with Crippen LogP contribution in [0.15, 0.2) is 156 Å². The minimum absolute atomic E-state index is 0. The molecular weight excluding hydrogens is 651 g/mol. The number of rotatable bonds is 8. The molecule has 0 spiro atoms. The van der Waals surface area contributed by atoms with Gasteiger partial charge in [-0.3, -0.25) is 4.79 Å². The van der Waals surface area contributed by atoms with Gasteiger partial charge in [0.25, 0.3) is 0 Å².